The van der Waals surface area contributed by atoms with Crippen LogP contribution in [0, 0.1) is 0 Å². The average molecular weight is 212 g/mol. The Balaban J connectivity index is 2.00. The molecular formula is C10H16N2OS. The van der Waals surface area contributed by atoms with Crippen molar-refractivity contribution < 1.29 is 5.11 Å². The van der Waals surface area contributed by atoms with E-state index in [1.807, 2.05) is 12.3 Å². The van der Waals surface area contributed by atoms with Crippen LogP contribution in [0.5, 0.6) is 0 Å². The second kappa shape index (κ2) is 3.96. The third kappa shape index (κ3) is 2.13. The van der Waals surface area contributed by atoms with Gasteiger partial charge in [0, 0.05) is 24.0 Å². The van der Waals surface area contributed by atoms with Gasteiger partial charge in [0.25, 0.3) is 0 Å². The Morgan fingerprint density at radius 3 is 3.21 bits per heavy atom. The summed E-state index contributed by atoms with van der Waals surface area (Å²) >= 11 is 1.61. The number of hydrogen-bond donors (Lipinski definition) is 2. The highest BCUT2D eigenvalue weighted by Gasteiger charge is 2.34. The third-order valence-corrected chi connectivity index (χ3v) is 3.58. The highest BCUT2D eigenvalue weighted by molar-refractivity contribution is 7.09. The van der Waals surface area contributed by atoms with E-state index >= 15 is 0 Å². The largest absolute Gasteiger partial charge is 0.388 e. The molecule has 2 rings (SSSR count). The summed E-state index contributed by atoms with van der Waals surface area (Å²) in [7, 11) is 0. The van der Waals surface area contributed by atoms with Gasteiger partial charge in [-0.3, -0.25) is 0 Å². The summed E-state index contributed by atoms with van der Waals surface area (Å²) in [6.45, 7) is 2.93. The highest BCUT2D eigenvalue weighted by atomic mass is 32.1. The number of nitrogens with zero attached hydrogens (tertiary/aromatic N) is 1. The second-order valence-electron chi connectivity index (χ2n) is 4.11. The predicted molar refractivity (Wildman–Crippen MR) is 57.5 cm³/mol. The Morgan fingerprint density at radius 1 is 1.79 bits per heavy atom. The van der Waals surface area contributed by atoms with Crippen molar-refractivity contribution in [2.24, 2.45) is 0 Å². The predicted octanol–water partition coefficient (Wildman–Crippen LogP) is 1.19. The molecule has 2 heterocycles. The summed E-state index contributed by atoms with van der Waals surface area (Å²) in [6.07, 6.45) is 4.68. The van der Waals surface area contributed by atoms with Crippen molar-refractivity contribution in [2.75, 3.05) is 6.54 Å². The topological polar surface area (TPSA) is 45.2 Å². The molecular weight excluding hydrogens is 196 g/mol. The zero-order valence-electron chi connectivity index (χ0n) is 8.36. The molecule has 1 aromatic rings. The minimum atomic E-state index is -0.658. The maximum absolute atomic E-state index is 10.3. The molecule has 78 valence electrons. The molecule has 4 heteroatoms. The molecule has 0 spiro atoms. The Hall–Kier alpha value is -0.450. The summed E-state index contributed by atoms with van der Waals surface area (Å²) in [5, 5.41) is 16.6. The van der Waals surface area contributed by atoms with Crippen LogP contribution in [0.3, 0.4) is 0 Å². The molecule has 1 aliphatic rings. The zero-order valence-corrected chi connectivity index (χ0v) is 9.18. The van der Waals surface area contributed by atoms with Gasteiger partial charge in [-0.2, -0.15) is 0 Å². The zero-order chi connectivity index (χ0) is 10.0. The van der Waals surface area contributed by atoms with Gasteiger partial charge in [-0.25, -0.2) is 4.98 Å². The van der Waals surface area contributed by atoms with E-state index in [1.54, 1.807) is 17.5 Å². The first-order valence-electron chi connectivity index (χ1n) is 5.02. The molecule has 0 radical (unpaired) electrons. The summed E-state index contributed by atoms with van der Waals surface area (Å²) in [6, 6.07) is 0.228. The van der Waals surface area contributed by atoms with Gasteiger partial charge in [0.15, 0.2) is 0 Å². The van der Waals surface area contributed by atoms with E-state index in [0.29, 0.717) is 6.42 Å². The lowest BCUT2D eigenvalue weighted by molar-refractivity contribution is 0.0262. The van der Waals surface area contributed by atoms with E-state index in [9.17, 15) is 5.11 Å². The fourth-order valence-electron chi connectivity index (χ4n) is 1.99. The molecule has 1 saturated heterocycles. The number of nitrogens with one attached hydrogen (secondary N) is 1. The van der Waals surface area contributed by atoms with Gasteiger partial charge < -0.3 is 10.4 Å². The van der Waals surface area contributed by atoms with Gasteiger partial charge in [-0.05, 0) is 26.3 Å². The molecule has 3 nitrogen and oxygen atoms in total. The first-order valence-corrected chi connectivity index (χ1v) is 5.90. The second-order valence-corrected chi connectivity index (χ2v) is 5.09. The van der Waals surface area contributed by atoms with E-state index in [4.69, 9.17) is 0 Å². The van der Waals surface area contributed by atoms with Crippen LogP contribution in [0.25, 0.3) is 0 Å². The summed E-state index contributed by atoms with van der Waals surface area (Å²) in [5.41, 5.74) is -0.658. The normalized spacial score (nSPS) is 26.3. The summed E-state index contributed by atoms with van der Waals surface area (Å²) in [5.74, 6) is 0. The molecule has 2 unspecified atom stereocenters. The smallest absolute Gasteiger partial charge is 0.0954 e. The molecule has 0 bridgehead atoms. The lowest BCUT2D eigenvalue weighted by Gasteiger charge is -2.29. The number of thiazole rings is 1. The van der Waals surface area contributed by atoms with Crippen LogP contribution in [0.1, 0.15) is 24.8 Å². The van der Waals surface area contributed by atoms with Crippen LogP contribution in [0.2, 0.25) is 0 Å². The SMILES string of the molecule is CC(O)(Cc1nccs1)C1CCCN1. The molecule has 1 aromatic heterocycles. The van der Waals surface area contributed by atoms with Gasteiger partial charge >= 0.3 is 0 Å². The lowest BCUT2D eigenvalue weighted by Crippen LogP contribution is -2.46. The van der Waals surface area contributed by atoms with Gasteiger partial charge in [-0.15, -0.1) is 11.3 Å². The highest BCUT2D eigenvalue weighted by Crippen LogP contribution is 2.23. The van der Waals surface area contributed by atoms with E-state index < -0.39 is 5.60 Å². The van der Waals surface area contributed by atoms with Crippen molar-refractivity contribution in [3.8, 4) is 0 Å². The van der Waals surface area contributed by atoms with Crippen molar-refractivity contribution in [3.05, 3.63) is 16.6 Å². The molecule has 14 heavy (non-hydrogen) atoms. The number of aliphatic hydroxyl groups is 1. The number of rotatable bonds is 3. The third-order valence-electron chi connectivity index (χ3n) is 2.80. The molecule has 2 N–H and O–H groups in total. The molecule has 1 fully saturated rings. The number of hydrogen-bond acceptors (Lipinski definition) is 4. The molecule has 0 aliphatic carbocycles. The van der Waals surface area contributed by atoms with Gasteiger partial charge in [0.1, 0.15) is 0 Å². The first-order chi connectivity index (χ1) is 6.68. The van der Waals surface area contributed by atoms with Crippen LogP contribution in [-0.4, -0.2) is 28.3 Å². The van der Waals surface area contributed by atoms with Gasteiger partial charge in [0.05, 0.1) is 10.6 Å². The van der Waals surface area contributed by atoms with Crippen molar-refractivity contribution in [2.45, 2.75) is 37.8 Å². The van der Waals surface area contributed by atoms with E-state index in [2.05, 4.69) is 10.3 Å². The molecule has 0 amide bonds. The van der Waals surface area contributed by atoms with Crippen molar-refractivity contribution in [1.82, 2.24) is 10.3 Å². The van der Waals surface area contributed by atoms with Crippen molar-refractivity contribution in [3.63, 3.8) is 0 Å². The van der Waals surface area contributed by atoms with Crippen LogP contribution in [0.15, 0.2) is 11.6 Å². The van der Waals surface area contributed by atoms with Gasteiger partial charge in [-0.1, -0.05) is 0 Å². The lowest BCUT2D eigenvalue weighted by atomic mass is 9.92. The van der Waals surface area contributed by atoms with Crippen molar-refractivity contribution >= 4 is 11.3 Å². The summed E-state index contributed by atoms with van der Waals surface area (Å²) in [4.78, 5) is 4.20. The first kappa shape index (κ1) is 10.1. The molecule has 2 atom stereocenters. The fraction of sp³-hybridized carbons (Fsp3) is 0.700. The Labute approximate surface area is 88.2 Å². The standard InChI is InChI=1S/C10H16N2OS/c1-10(13,8-3-2-4-11-8)7-9-12-5-6-14-9/h5-6,8,11,13H,2-4,7H2,1H3. The van der Waals surface area contributed by atoms with Crippen LogP contribution >= 0.6 is 11.3 Å². The molecule has 1 aliphatic heterocycles. The quantitative estimate of drug-likeness (QED) is 0.791. The summed E-state index contributed by atoms with van der Waals surface area (Å²) < 4.78 is 0. The van der Waals surface area contributed by atoms with E-state index in [0.717, 1.165) is 18.0 Å². The number of aromatic nitrogens is 1. The molecule has 0 saturated carbocycles. The van der Waals surface area contributed by atoms with Crippen LogP contribution < -0.4 is 5.32 Å². The van der Waals surface area contributed by atoms with Crippen LogP contribution in [0.4, 0.5) is 0 Å². The monoisotopic (exact) mass is 212 g/mol. The van der Waals surface area contributed by atoms with Crippen LogP contribution in [-0.2, 0) is 6.42 Å². The van der Waals surface area contributed by atoms with E-state index in [-0.39, 0.29) is 6.04 Å². The minimum absolute atomic E-state index is 0.228. The Bertz CT molecular complexity index is 278. The average Bonchev–Trinajstić information content (AvgIpc) is 2.71. The maximum Gasteiger partial charge on any atom is 0.0954 e. The van der Waals surface area contributed by atoms with Gasteiger partial charge in [0.2, 0.25) is 0 Å². The maximum atomic E-state index is 10.3. The minimum Gasteiger partial charge on any atom is -0.388 e. The van der Waals surface area contributed by atoms with E-state index in [1.165, 1.54) is 6.42 Å². The fourth-order valence-corrected chi connectivity index (χ4v) is 2.76. The van der Waals surface area contributed by atoms with Crippen molar-refractivity contribution in [1.29, 1.82) is 0 Å². The Morgan fingerprint density at radius 2 is 2.64 bits per heavy atom. The molecule has 0 aromatic carbocycles. The Kier molecular flexibility index (Phi) is 2.85.